The first-order chi connectivity index (χ1) is 11.7. The fraction of sp³-hybridized carbons (Fsp3) is 0.0588. The first-order valence-electron chi connectivity index (χ1n) is 7.31. The molecule has 2 aliphatic heterocycles. The lowest BCUT2D eigenvalue weighted by Crippen LogP contribution is -2.29. The Balaban J connectivity index is 1.71. The Morgan fingerprint density at radius 3 is 2.54 bits per heavy atom. The van der Waals surface area contributed by atoms with Crippen molar-refractivity contribution in [1.29, 1.82) is 0 Å². The summed E-state index contributed by atoms with van der Waals surface area (Å²) < 4.78 is 0. The zero-order chi connectivity index (χ0) is 16.5. The van der Waals surface area contributed by atoms with Crippen LogP contribution in [0.1, 0.15) is 5.56 Å². The number of anilines is 2. The molecule has 118 valence electrons. The molecular formula is C17H12N4O2S. The monoisotopic (exact) mass is 336 g/mol. The van der Waals surface area contributed by atoms with E-state index in [0.29, 0.717) is 16.5 Å². The number of nitrogens with one attached hydrogen (secondary N) is 1. The van der Waals surface area contributed by atoms with Gasteiger partial charge in [0.1, 0.15) is 0 Å². The van der Waals surface area contributed by atoms with E-state index in [1.807, 2.05) is 54.6 Å². The van der Waals surface area contributed by atoms with Gasteiger partial charge in [-0.25, -0.2) is 0 Å². The maximum Gasteiger partial charge on any atom is 0.276 e. The largest absolute Gasteiger partial charge is 0.320 e. The first-order valence-corrected chi connectivity index (χ1v) is 8.30. The average Bonchev–Trinajstić information content (AvgIpc) is 3.13. The molecule has 0 bridgehead atoms. The number of hydrogen-bond acceptors (Lipinski definition) is 5. The molecule has 0 atom stereocenters. The Morgan fingerprint density at radius 2 is 1.71 bits per heavy atom. The smallest absolute Gasteiger partial charge is 0.276 e. The van der Waals surface area contributed by atoms with Gasteiger partial charge in [0.2, 0.25) is 5.91 Å². The van der Waals surface area contributed by atoms with Crippen LogP contribution in [-0.4, -0.2) is 28.4 Å². The number of hydrogen-bond donors (Lipinski definition) is 1. The average molecular weight is 336 g/mol. The third-order valence-corrected chi connectivity index (χ3v) is 4.57. The molecule has 24 heavy (non-hydrogen) atoms. The zero-order valence-corrected chi connectivity index (χ0v) is 13.3. The van der Waals surface area contributed by atoms with Crippen LogP contribution >= 0.6 is 11.8 Å². The van der Waals surface area contributed by atoms with Crippen molar-refractivity contribution in [3.63, 3.8) is 0 Å². The van der Waals surface area contributed by atoms with Crippen LogP contribution < -0.4 is 10.2 Å². The minimum atomic E-state index is -0.291. The lowest BCUT2D eigenvalue weighted by atomic mass is 10.1. The lowest BCUT2D eigenvalue weighted by molar-refractivity contribution is -0.115. The highest BCUT2D eigenvalue weighted by Crippen LogP contribution is 2.27. The minimum absolute atomic E-state index is 0.0542. The molecule has 2 amide bonds. The number of benzene rings is 2. The molecule has 2 aliphatic rings. The summed E-state index contributed by atoms with van der Waals surface area (Å²) in [7, 11) is 0. The Hall–Kier alpha value is -2.93. The number of para-hydroxylation sites is 2. The second-order valence-corrected chi connectivity index (χ2v) is 6.13. The molecule has 0 radical (unpaired) electrons. The molecular weight excluding hydrogens is 324 g/mol. The fourth-order valence-electron chi connectivity index (χ4n) is 2.56. The number of nitrogens with zero attached hydrogens (tertiary/aromatic N) is 3. The van der Waals surface area contributed by atoms with Crippen LogP contribution in [0.4, 0.5) is 11.4 Å². The van der Waals surface area contributed by atoms with Gasteiger partial charge in [-0.15, -0.1) is 10.2 Å². The van der Waals surface area contributed by atoms with Gasteiger partial charge in [0.25, 0.3) is 5.91 Å². The number of thioether (sulfide) groups is 1. The summed E-state index contributed by atoms with van der Waals surface area (Å²) in [5.41, 5.74) is 2.43. The third kappa shape index (κ3) is 2.48. The zero-order valence-electron chi connectivity index (χ0n) is 12.5. The summed E-state index contributed by atoms with van der Waals surface area (Å²) in [6.45, 7) is 0. The highest BCUT2D eigenvalue weighted by atomic mass is 32.2. The highest BCUT2D eigenvalue weighted by molar-refractivity contribution is 8.15. The Kier molecular flexibility index (Phi) is 3.62. The molecule has 7 heteroatoms. The summed E-state index contributed by atoms with van der Waals surface area (Å²) in [6, 6.07) is 16.6. The van der Waals surface area contributed by atoms with E-state index in [9.17, 15) is 9.59 Å². The predicted octanol–water partition coefficient (Wildman–Crippen LogP) is 2.48. The third-order valence-electron chi connectivity index (χ3n) is 3.66. The molecule has 0 saturated carbocycles. The number of rotatable bonds is 2. The second kappa shape index (κ2) is 5.93. The van der Waals surface area contributed by atoms with Crippen molar-refractivity contribution in [2.45, 2.75) is 0 Å². The van der Waals surface area contributed by atoms with Gasteiger partial charge in [-0.1, -0.05) is 48.2 Å². The van der Waals surface area contributed by atoms with Gasteiger partial charge >= 0.3 is 0 Å². The molecule has 2 aromatic rings. The van der Waals surface area contributed by atoms with Crippen LogP contribution in [0, 0.1) is 0 Å². The number of amides is 2. The van der Waals surface area contributed by atoms with Crippen LogP contribution in [0.25, 0.3) is 0 Å². The van der Waals surface area contributed by atoms with E-state index in [4.69, 9.17) is 0 Å². The predicted molar refractivity (Wildman–Crippen MR) is 95.4 cm³/mol. The standard InChI is InChI=1S/C17H12N4O2S/c22-14-10-24-17(21(14)11-6-2-1-3-7-11)20-19-15-12-8-4-5-9-13(12)18-16(15)23/h1-9H,10H2,(H,18,19,23)/b20-17-. The van der Waals surface area contributed by atoms with Gasteiger partial charge in [0.05, 0.1) is 17.1 Å². The molecule has 0 aliphatic carbocycles. The summed E-state index contributed by atoms with van der Waals surface area (Å²) in [5, 5.41) is 11.5. The van der Waals surface area contributed by atoms with E-state index < -0.39 is 0 Å². The highest BCUT2D eigenvalue weighted by Gasteiger charge is 2.30. The van der Waals surface area contributed by atoms with Crippen molar-refractivity contribution < 1.29 is 9.59 Å². The van der Waals surface area contributed by atoms with E-state index in [1.54, 1.807) is 0 Å². The van der Waals surface area contributed by atoms with Gasteiger partial charge in [-0.2, -0.15) is 0 Å². The Labute approximate surface area is 142 Å². The number of fused-ring (bicyclic) bond motifs is 1. The maximum atomic E-state index is 12.1. The molecule has 6 nitrogen and oxygen atoms in total. The molecule has 4 rings (SSSR count). The van der Waals surface area contributed by atoms with E-state index in [2.05, 4.69) is 15.5 Å². The second-order valence-electron chi connectivity index (χ2n) is 5.18. The molecule has 0 unspecified atom stereocenters. The van der Waals surface area contributed by atoms with Gasteiger partial charge in [-0.05, 0) is 18.2 Å². The van der Waals surface area contributed by atoms with Crippen LogP contribution in [0.2, 0.25) is 0 Å². The fourth-order valence-corrected chi connectivity index (χ4v) is 3.38. The van der Waals surface area contributed by atoms with Crippen molar-refractivity contribution >= 4 is 45.8 Å². The molecule has 0 aromatic heterocycles. The van der Waals surface area contributed by atoms with E-state index in [0.717, 1.165) is 11.4 Å². The van der Waals surface area contributed by atoms with E-state index in [-0.39, 0.29) is 17.5 Å². The molecule has 2 aromatic carbocycles. The molecule has 1 saturated heterocycles. The van der Waals surface area contributed by atoms with Crippen molar-refractivity contribution in [3.8, 4) is 0 Å². The van der Waals surface area contributed by atoms with E-state index >= 15 is 0 Å². The van der Waals surface area contributed by atoms with Crippen LogP contribution in [-0.2, 0) is 9.59 Å². The van der Waals surface area contributed by atoms with Crippen molar-refractivity contribution in [2.24, 2.45) is 10.2 Å². The summed E-state index contributed by atoms with van der Waals surface area (Å²) >= 11 is 1.31. The topological polar surface area (TPSA) is 74.1 Å². The van der Waals surface area contributed by atoms with Gasteiger partial charge < -0.3 is 5.32 Å². The number of amidine groups is 1. The normalized spacial score (nSPS) is 19.9. The maximum absolute atomic E-state index is 12.1. The molecule has 1 fully saturated rings. The van der Waals surface area contributed by atoms with Crippen LogP contribution in [0.15, 0.2) is 64.8 Å². The van der Waals surface area contributed by atoms with Crippen LogP contribution in [0.3, 0.4) is 0 Å². The SMILES string of the molecule is O=C1Nc2ccccc2/C1=N\N=C1/SCC(=O)N1c1ccccc1. The minimum Gasteiger partial charge on any atom is -0.320 e. The Morgan fingerprint density at radius 1 is 0.958 bits per heavy atom. The summed E-state index contributed by atoms with van der Waals surface area (Å²) in [5.74, 6) is -0.0379. The Bertz CT molecular complexity index is 892. The van der Waals surface area contributed by atoms with Crippen LogP contribution in [0.5, 0.6) is 0 Å². The summed E-state index contributed by atoms with van der Waals surface area (Å²) in [6.07, 6.45) is 0. The summed E-state index contributed by atoms with van der Waals surface area (Å²) in [4.78, 5) is 25.7. The quantitative estimate of drug-likeness (QED) is 0.856. The van der Waals surface area contributed by atoms with E-state index in [1.165, 1.54) is 16.7 Å². The molecule has 2 heterocycles. The van der Waals surface area contributed by atoms with Gasteiger partial charge in [-0.3, -0.25) is 14.5 Å². The number of carbonyl (C=O) groups excluding carboxylic acids is 2. The van der Waals surface area contributed by atoms with Crippen molar-refractivity contribution in [1.82, 2.24) is 0 Å². The number of carbonyl (C=O) groups is 2. The van der Waals surface area contributed by atoms with Crippen molar-refractivity contribution in [3.05, 3.63) is 60.2 Å². The lowest BCUT2D eigenvalue weighted by Gasteiger charge is -2.14. The van der Waals surface area contributed by atoms with Crippen molar-refractivity contribution in [2.75, 3.05) is 16.0 Å². The molecule has 1 N–H and O–H groups in total. The first kappa shape index (κ1) is 14.6. The molecule has 0 spiro atoms. The van der Waals surface area contributed by atoms with Gasteiger partial charge in [0, 0.05) is 5.56 Å². The van der Waals surface area contributed by atoms with Gasteiger partial charge in [0.15, 0.2) is 10.9 Å².